The lowest BCUT2D eigenvalue weighted by Crippen LogP contribution is -2.39. The Morgan fingerprint density at radius 1 is 1.00 bits per heavy atom. The van der Waals surface area contributed by atoms with Crippen LogP contribution in [0.2, 0.25) is 0 Å². The Morgan fingerprint density at radius 3 is 2.34 bits per heavy atom. The molecule has 1 saturated heterocycles. The van der Waals surface area contributed by atoms with Crippen LogP contribution < -0.4 is 5.32 Å². The normalized spacial score (nSPS) is 16.5. The molecule has 2 fully saturated rings. The van der Waals surface area contributed by atoms with Gasteiger partial charge in [0.1, 0.15) is 5.82 Å². The average Bonchev–Trinajstić information content (AvgIpc) is 3.61. The van der Waals surface area contributed by atoms with Crippen LogP contribution in [0.4, 0.5) is 4.39 Å². The smallest absolute Gasteiger partial charge is 0.292 e. The number of benzene rings is 2. The Kier molecular flexibility index (Phi) is 6.17. The standard InChI is InChI=1S/C28H30FN3O3/c1-17-13-25-23(24(16-31(25)2)26(33)27(34)30-21-7-8-21)15-22(17)28(35)32-11-9-19(10-12-32)14-18-3-5-20(29)6-4-18/h3-6,13,15-16,19,21H,7-12,14H2,1-2H3,(H,30,34). The van der Waals surface area contributed by atoms with Crippen molar-refractivity contribution < 1.29 is 18.8 Å². The molecule has 1 aliphatic carbocycles. The molecule has 2 aliphatic rings. The first-order chi connectivity index (χ1) is 16.8. The van der Waals surface area contributed by atoms with Crippen LogP contribution in [0.25, 0.3) is 10.9 Å². The third-order valence-electron chi connectivity index (χ3n) is 7.27. The lowest BCUT2D eigenvalue weighted by atomic mass is 9.89. The van der Waals surface area contributed by atoms with Gasteiger partial charge < -0.3 is 14.8 Å². The highest BCUT2D eigenvalue weighted by molar-refractivity contribution is 6.45. The van der Waals surface area contributed by atoms with Gasteiger partial charge in [-0.25, -0.2) is 4.39 Å². The topological polar surface area (TPSA) is 71.4 Å². The number of halogens is 1. The van der Waals surface area contributed by atoms with Gasteiger partial charge in [-0.2, -0.15) is 0 Å². The molecule has 0 bridgehead atoms. The minimum atomic E-state index is -0.586. The molecule has 1 aliphatic heterocycles. The van der Waals surface area contributed by atoms with E-state index < -0.39 is 11.7 Å². The van der Waals surface area contributed by atoms with Crippen molar-refractivity contribution in [2.45, 2.75) is 45.1 Å². The second-order valence-corrected chi connectivity index (χ2v) is 9.98. The van der Waals surface area contributed by atoms with Gasteiger partial charge in [-0.15, -0.1) is 0 Å². The number of piperidine rings is 1. The lowest BCUT2D eigenvalue weighted by molar-refractivity contribution is -0.117. The van der Waals surface area contributed by atoms with Crippen molar-refractivity contribution in [1.29, 1.82) is 0 Å². The van der Waals surface area contributed by atoms with Crippen LogP contribution in [0.15, 0.2) is 42.6 Å². The van der Waals surface area contributed by atoms with E-state index in [0.29, 0.717) is 35.5 Å². The Bertz CT molecular complexity index is 1300. The summed E-state index contributed by atoms with van der Waals surface area (Å²) in [6.07, 6.45) is 6.15. The molecule has 7 heteroatoms. The van der Waals surface area contributed by atoms with E-state index in [1.54, 1.807) is 12.3 Å². The van der Waals surface area contributed by atoms with Gasteiger partial charge in [-0.05, 0) is 80.3 Å². The van der Waals surface area contributed by atoms with E-state index in [9.17, 15) is 18.8 Å². The fourth-order valence-corrected chi connectivity index (χ4v) is 5.01. The molecule has 0 unspecified atom stereocenters. The van der Waals surface area contributed by atoms with Crippen molar-refractivity contribution in [3.05, 3.63) is 70.7 Å². The van der Waals surface area contributed by atoms with Gasteiger partial charge in [0.05, 0.1) is 5.56 Å². The summed E-state index contributed by atoms with van der Waals surface area (Å²) in [4.78, 5) is 40.6. The molecule has 1 aromatic heterocycles. The second-order valence-electron chi connectivity index (χ2n) is 9.98. The van der Waals surface area contributed by atoms with Crippen LogP contribution in [-0.2, 0) is 18.3 Å². The van der Waals surface area contributed by atoms with Crippen molar-refractivity contribution in [1.82, 2.24) is 14.8 Å². The fourth-order valence-electron chi connectivity index (χ4n) is 5.01. The Balaban J connectivity index is 1.32. The van der Waals surface area contributed by atoms with E-state index in [1.165, 1.54) is 12.1 Å². The second kappa shape index (κ2) is 9.29. The zero-order valence-electron chi connectivity index (χ0n) is 20.1. The molecule has 5 rings (SSSR count). The SMILES string of the molecule is Cc1cc2c(cc1C(=O)N1CCC(Cc3ccc(F)cc3)CC1)c(C(=O)C(=O)NC1CC1)cn2C. The molecule has 0 radical (unpaired) electrons. The van der Waals surface area contributed by atoms with Crippen molar-refractivity contribution in [2.75, 3.05) is 13.1 Å². The number of amides is 2. The molecule has 0 atom stereocenters. The van der Waals surface area contributed by atoms with Gasteiger partial charge in [0, 0.05) is 48.8 Å². The van der Waals surface area contributed by atoms with Gasteiger partial charge in [0.2, 0.25) is 0 Å². The third kappa shape index (κ3) is 4.85. The van der Waals surface area contributed by atoms with Gasteiger partial charge in [-0.1, -0.05) is 12.1 Å². The highest BCUT2D eigenvalue weighted by Crippen LogP contribution is 2.28. The van der Waals surface area contributed by atoms with Gasteiger partial charge >= 0.3 is 0 Å². The lowest BCUT2D eigenvalue weighted by Gasteiger charge is -2.32. The summed E-state index contributed by atoms with van der Waals surface area (Å²) in [6, 6.07) is 10.4. The molecule has 2 aromatic carbocycles. The molecule has 0 spiro atoms. The van der Waals surface area contributed by atoms with E-state index >= 15 is 0 Å². The monoisotopic (exact) mass is 475 g/mol. The molecule has 2 amide bonds. The molecular weight excluding hydrogens is 445 g/mol. The number of Topliss-reactive ketones (excluding diaryl/α,β-unsaturated/α-hetero) is 1. The minimum absolute atomic E-state index is 0.0469. The van der Waals surface area contributed by atoms with E-state index in [2.05, 4.69) is 5.32 Å². The largest absolute Gasteiger partial charge is 0.350 e. The maximum Gasteiger partial charge on any atom is 0.292 e. The molecule has 6 nitrogen and oxygen atoms in total. The predicted molar refractivity (Wildman–Crippen MR) is 132 cm³/mol. The fraction of sp³-hybridized carbons (Fsp3) is 0.393. The molecule has 35 heavy (non-hydrogen) atoms. The zero-order valence-corrected chi connectivity index (χ0v) is 20.1. The Labute approximate surface area is 204 Å². The van der Waals surface area contributed by atoms with Crippen LogP contribution in [0.5, 0.6) is 0 Å². The van der Waals surface area contributed by atoms with Crippen molar-refractivity contribution in [3.63, 3.8) is 0 Å². The van der Waals surface area contributed by atoms with Gasteiger partial charge in [0.25, 0.3) is 17.6 Å². The van der Waals surface area contributed by atoms with Crippen LogP contribution >= 0.6 is 0 Å². The molecule has 2 heterocycles. The van der Waals surface area contributed by atoms with E-state index in [1.807, 2.05) is 41.6 Å². The number of rotatable bonds is 6. The number of nitrogens with one attached hydrogen (secondary N) is 1. The van der Waals surface area contributed by atoms with Crippen LogP contribution in [0.1, 0.15) is 57.5 Å². The summed E-state index contributed by atoms with van der Waals surface area (Å²) in [5.41, 5.74) is 3.67. The summed E-state index contributed by atoms with van der Waals surface area (Å²) >= 11 is 0. The number of hydrogen-bond acceptors (Lipinski definition) is 3. The number of nitrogens with zero attached hydrogens (tertiary/aromatic N) is 2. The number of aromatic nitrogens is 1. The summed E-state index contributed by atoms with van der Waals surface area (Å²) in [5, 5.41) is 3.39. The predicted octanol–water partition coefficient (Wildman–Crippen LogP) is 4.18. The van der Waals surface area contributed by atoms with Crippen molar-refractivity contribution in [3.8, 4) is 0 Å². The summed E-state index contributed by atoms with van der Waals surface area (Å²) < 4.78 is 15.0. The number of fused-ring (bicyclic) bond motifs is 1. The molecule has 1 saturated carbocycles. The van der Waals surface area contributed by atoms with Crippen LogP contribution in [-0.4, -0.2) is 46.2 Å². The van der Waals surface area contributed by atoms with E-state index in [0.717, 1.165) is 48.7 Å². The van der Waals surface area contributed by atoms with Crippen LogP contribution in [0.3, 0.4) is 0 Å². The van der Waals surface area contributed by atoms with Crippen LogP contribution in [0, 0.1) is 18.7 Å². The van der Waals surface area contributed by atoms with Gasteiger partial charge in [-0.3, -0.25) is 14.4 Å². The average molecular weight is 476 g/mol. The van der Waals surface area contributed by atoms with E-state index in [-0.39, 0.29) is 17.8 Å². The quantitative estimate of drug-likeness (QED) is 0.430. The number of carbonyl (C=O) groups excluding carboxylic acids is 3. The number of ketones is 1. The first-order valence-corrected chi connectivity index (χ1v) is 12.3. The highest BCUT2D eigenvalue weighted by Gasteiger charge is 2.30. The number of likely N-dealkylation sites (tertiary alicyclic amines) is 1. The zero-order chi connectivity index (χ0) is 24.7. The minimum Gasteiger partial charge on any atom is -0.350 e. The van der Waals surface area contributed by atoms with E-state index in [4.69, 9.17) is 0 Å². The molecule has 1 N–H and O–H groups in total. The summed E-state index contributed by atoms with van der Waals surface area (Å²) in [7, 11) is 1.84. The first kappa shape index (κ1) is 23.3. The highest BCUT2D eigenvalue weighted by atomic mass is 19.1. The maximum atomic E-state index is 13.5. The Morgan fingerprint density at radius 2 is 1.69 bits per heavy atom. The van der Waals surface area contributed by atoms with Crippen molar-refractivity contribution in [2.24, 2.45) is 13.0 Å². The molecule has 182 valence electrons. The summed E-state index contributed by atoms with van der Waals surface area (Å²) in [5.74, 6) is -0.970. The molecular formula is C28H30FN3O3. The summed E-state index contributed by atoms with van der Waals surface area (Å²) in [6.45, 7) is 3.22. The number of carbonyl (C=O) groups is 3. The first-order valence-electron chi connectivity index (χ1n) is 12.3. The third-order valence-corrected chi connectivity index (χ3v) is 7.27. The number of hydrogen-bond donors (Lipinski definition) is 1. The molecule has 3 aromatic rings. The van der Waals surface area contributed by atoms with Gasteiger partial charge in [0.15, 0.2) is 0 Å². The number of aryl methyl sites for hydroxylation is 2. The van der Waals surface area contributed by atoms with Crippen molar-refractivity contribution >= 4 is 28.5 Å². The maximum absolute atomic E-state index is 13.5. The Hall–Kier alpha value is -3.48.